The smallest absolute Gasteiger partial charge is 0.129 e. The molecule has 0 fully saturated rings. The number of ketones is 1. The second-order valence-electron chi connectivity index (χ2n) is 6.57. The number of rotatable bonds is 16. The van der Waals surface area contributed by atoms with Gasteiger partial charge in [0.1, 0.15) is 5.78 Å². The summed E-state index contributed by atoms with van der Waals surface area (Å²) in [6.07, 6.45) is 17.6. The molecule has 0 saturated heterocycles. The molecule has 1 atom stereocenters. The van der Waals surface area contributed by atoms with Crippen LogP contribution in [0.15, 0.2) is 0 Å². The molecule has 0 spiro atoms. The Hall–Kier alpha value is -0.370. The van der Waals surface area contributed by atoms with Crippen LogP contribution >= 0.6 is 0 Å². The minimum atomic E-state index is -0.0853. The Balaban J connectivity index is 3.16. The van der Waals surface area contributed by atoms with Gasteiger partial charge in [-0.05, 0) is 26.2 Å². The first-order valence-corrected chi connectivity index (χ1v) is 9.34. The third kappa shape index (κ3) is 17.6. The van der Waals surface area contributed by atoms with E-state index in [2.05, 4.69) is 6.92 Å². The summed E-state index contributed by atoms with van der Waals surface area (Å²) in [6.45, 7) is 3.92. The van der Waals surface area contributed by atoms with E-state index in [1.807, 2.05) is 0 Å². The Morgan fingerprint density at radius 3 is 1.67 bits per heavy atom. The molecule has 0 aliphatic rings. The molecule has 0 aromatic heterocycles. The molecule has 21 heavy (non-hydrogen) atoms. The van der Waals surface area contributed by atoms with Crippen molar-refractivity contribution in [1.82, 2.24) is 0 Å². The van der Waals surface area contributed by atoms with E-state index >= 15 is 0 Å². The summed E-state index contributed by atoms with van der Waals surface area (Å²) in [5.74, 6) is 0.306. The highest BCUT2D eigenvalue weighted by Gasteiger charge is 2.03. The number of aliphatic hydroxyl groups is 1. The van der Waals surface area contributed by atoms with E-state index in [4.69, 9.17) is 0 Å². The monoisotopic (exact) mass is 298 g/mol. The van der Waals surface area contributed by atoms with Gasteiger partial charge in [-0.3, -0.25) is 0 Å². The predicted octanol–water partition coefficient (Wildman–Crippen LogP) is 5.81. The van der Waals surface area contributed by atoms with Crippen LogP contribution in [0.5, 0.6) is 0 Å². The topological polar surface area (TPSA) is 37.3 Å². The van der Waals surface area contributed by atoms with E-state index in [0.29, 0.717) is 5.78 Å². The molecule has 2 heteroatoms. The molecule has 0 bridgehead atoms. The molecule has 0 radical (unpaired) electrons. The van der Waals surface area contributed by atoms with Crippen LogP contribution < -0.4 is 0 Å². The molecule has 126 valence electrons. The van der Waals surface area contributed by atoms with Crippen molar-refractivity contribution in [3.63, 3.8) is 0 Å². The standard InChI is InChI=1S/C19H38O2/c1-3-4-5-6-7-10-13-16-19(21)17-14-11-8-9-12-15-18(2)20/h19,21H,3-17H2,1-2H3. The molecule has 0 rings (SSSR count). The highest BCUT2D eigenvalue weighted by molar-refractivity contribution is 5.75. The van der Waals surface area contributed by atoms with Crippen LogP contribution in [-0.4, -0.2) is 17.0 Å². The Morgan fingerprint density at radius 2 is 1.19 bits per heavy atom. The number of carbonyl (C=O) groups is 1. The second kappa shape index (κ2) is 16.0. The average molecular weight is 299 g/mol. The number of aliphatic hydroxyl groups excluding tert-OH is 1. The van der Waals surface area contributed by atoms with Crippen LogP contribution in [0.1, 0.15) is 110 Å². The van der Waals surface area contributed by atoms with Crippen LogP contribution in [-0.2, 0) is 4.79 Å². The van der Waals surface area contributed by atoms with Gasteiger partial charge in [0.2, 0.25) is 0 Å². The van der Waals surface area contributed by atoms with Gasteiger partial charge in [-0.1, -0.05) is 77.6 Å². The van der Waals surface area contributed by atoms with Crippen molar-refractivity contribution in [2.45, 2.75) is 116 Å². The van der Waals surface area contributed by atoms with Crippen molar-refractivity contribution in [3.8, 4) is 0 Å². The van der Waals surface area contributed by atoms with Gasteiger partial charge in [0.25, 0.3) is 0 Å². The lowest BCUT2D eigenvalue weighted by Crippen LogP contribution is -2.05. The lowest BCUT2D eigenvalue weighted by molar-refractivity contribution is -0.117. The van der Waals surface area contributed by atoms with E-state index in [0.717, 1.165) is 38.5 Å². The highest BCUT2D eigenvalue weighted by atomic mass is 16.3. The zero-order valence-corrected chi connectivity index (χ0v) is 14.5. The van der Waals surface area contributed by atoms with Crippen molar-refractivity contribution >= 4 is 5.78 Å². The third-order valence-electron chi connectivity index (χ3n) is 4.21. The molecule has 0 saturated carbocycles. The summed E-state index contributed by atoms with van der Waals surface area (Å²) in [6, 6.07) is 0. The van der Waals surface area contributed by atoms with Gasteiger partial charge in [-0.25, -0.2) is 0 Å². The number of hydrogen-bond acceptors (Lipinski definition) is 2. The Morgan fingerprint density at radius 1 is 0.762 bits per heavy atom. The van der Waals surface area contributed by atoms with Gasteiger partial charge in [-0.15, -0.1) is 0 Å². The molecule has 1 N–H and O–H groups in total. The summed E-state index contributed by atoms with van der Waals surface area (Å²) >= 11 is 0. The van der Waals surface area contributed by atoms with Crippen molar-refractivity contribution in [3.05, 3.63) is 0 Å². The van der Waals surface area contributed by atoms with E-state index in [1.165, 1.54) is 57.8 Å². The van der Waals surface area contributed by atoms with Crippen molar-refractivity contribution in [2.24, 2.45) is 0 Å². The fourth-order valence-electron chi connectivity index (χ4n) is 2.77. The minimum Gasteiger partial charge on any atom is -0.393 e. The highest BCUT2D eigenvalue weighted by Crippen LogP contribution is 2.14. The number of carbonyl (C=O) groups excluding carboxylic acids is 1. The first kappa shape index (κ1) is 20.6. The Labute approximate surface area is 132 Å². The van der Waals surface area contributed by atoms with Gasteiger partial charge in [0.15, 0.2) is 0 Å². The summed E-state index contributed by atoms with van der Waals surface area (Å²) < 4.78 is 0. The maximum Gasteiger partial charge on any atom is 0.129 e. The molecule has 0 aliphatic carbocycles. The van der Waals surface area contributed by atoms with Crippen molar-refractivity contribution in [2.75, 3.05) is 0 Å². The van der Waals surface area contributed by atoms with Crippen molar-refractivity contribution < 1.29 is 9.90 Å². The van der Waals surface area contributed by atoms with Crippen LogP contribution in [0.25, 0.3) is 0 Å². The van der Waals surface area contributed by atoms with Crippen LogP contribution in [0.2, 0.25) is 0 Å². The Bertz CT molecular complexity index is 226. The zero-order valence-electron chi connectivity index (χ0n) is 14.5. The SMILES string of the molecule is CCCCCCCCCC(O)CCCCCCCC(C)=O. The molecule has 0 amide bonds. The summed E-state index contributed by atoms with van der Waals surface area (Å²) in [4.78, 5) is 10.8. The largest absolute Gasteiger partial charge is 0.393 e. The third-order valence-corrected chi connectivity index (χ3v) is 4.21. The normalized spacial score (nSPS) is 12.5. The van der Waals surface area contributed by atoms with Gasteiger partial charge in [0.05, 0.1) is 6.10 Å². The maximum atomic E-state index is 10.8. The fourth-order valence-corrected chi connectivity index (χ4v) is 2.77. The van der Waals surface area contributed by atoms with Crippen LogP contribution in [0, 0.1) is 0 Å². The quantitative estimate of drug-likeness (QED) is 0.365. The first-order chi connectivity index (χ1) is 10.2. The van der Waals surface area contributed by atoms with Crippen molar-refractivity contribution in [1.29, 1.82) is 0 Å². The average Bonchev–Trinajstić information content (AvgIpc) is 2.45. The van der Waals surface area contributed by atoms with Gasteiger partial charge < -0.3 is 9.90 Å². The van der Waals surface area contributed by atoms with Crippen LogP contribution in [0.4, 0.5) is 0 Å². The molecular weight excluding hydrogens is 260 g/mol. The van der Waals surface area contributed by atoms with E-state index in [9.17, 15) is 9.90 Å². The molecule has 0 heterocycles. The molecule has 0 aromatic rings. The summed E-state index contributed by atoms with van der Waals surface area (Å²) in [7, 11) is 0. The molecular formula is C19H38O2. The maximum absolute atomic E-state index is 10.8. The van der Waals surface area contributed by atoms with E-state index in [1.54, 1.807) is 6.92 Å². The van der Waals surface area contributed by atoms with Gasteiger partial charge in [-0.2, -0.15) is 0 Å². The molecule has 0 aliphatic heterocycles. The fraction of sp³-hybridized carbons (Fsp3) is 0.947. The number of Topliss-reactive ketones (excluding diaryl/α,β-unsaturated/α-hetero) is 1. The van der Waals surface area contributed by atoms with Gasteiger partial charge in [0, 0.05) is 6.42 Å². The molecule has 1 unspecified atom stereocenters. The lowest BCUT2D eigenvalue weighted by atomic mass is 10.0. The summed E-state index contributed by atoms with van der Waals surface area (Å²) in [5.41, 5.74) is 0. The lowest BCUT2D eigenvalue weighted by Gasteiger charge is -2.10. The van der Waals surface area contributed by atoms with E-state index < -0.39 is 0 Å². The molecule has 0 aromatic carbocycles. The Kier molecular flexibility index (Phi) is 15.7. The van der Waals surface area contributed by atoms with Crippen LogP contribution in [0.3, 0.4) is 0 Å². The number of hydrogen-bond donors (Lipinski definition) is 1. The second-order valence-corrected chi connectivity index (χ2v) is 6.57. The predicted molar refractivity (Wildman–Crippen MR) is 91.6 cm³/mol. The minimum absolute atomic E-state index is 0.0853. The van der Waals surface area contributed by atoms with Gasteiger partial charge >= 0.3 is 0 Å². The molecule has 2 nitrogen and oxygen atoms in total. The van der Waals surface area contributed by atoms with E-state index in [-0.39, 0.29) is 6.10 Å². The first-order valence-electron chi connectivity index (χ1n) is 9.34. The summed E-state index contributed by atoms with van der Waals surface area (Å²) in [5, 5.41) is 9.92. The number of unbranched alkanes of at least 4 members (excludes halogenated alkanes) is 10. The zero-order chi connectivity index (χ0) is 15.8.